The monoisotopic (exact) mass is 329 g/mol. The quantitative estimate of drug-likeness (QED) is 0.859. The first-order valence-electron chi connectivity index (χ1n) is 8.63. The molecule has 2 saturated heterocycles. The van der Waals surface area contributed by atoms with Crippen LogP contribution in [-0.4, -0.2) is 47.7 Å². The highest BCUT2D eigenvalue weighted by Gasteiger charge is 2.30. The van der Waals surface area contributed by atoms with Crippen LogP contribution in [0.5, 0.6) is 0 Å². The first-order valence-corrected chi connectivity index (χ1v) is 8.63. The number of aryl methyl sites for hydroxylation is 1. The highest BCUT2D eigenvalue weighted by atomic mass is 16.7. The second kappa shape index (κ2) is 7.01. The molecule has 6 heteroatoms. The van der Waals surface area contributed by atoms with Crippen LogP contribution in [-0.2, 0) is 16.0 Å². The number of aromatic nitrogens is 2. The molecule has 1 aromatic heterocycles. The van der Waals surface area contributed by atoms with Crippen molar-refractivity contribution in [1.29, 1.82) is 0 Å². The molecular formula is C18H23N3O3. The van der Waals surface area contributed by atoms with E-state index in [-0.39, 0.29) is 6.29 Å². The average molecular weight is 329 g/mol. The van der Waals surface area contributed by atoms with Gasteiger partial charge in [-0.3, -0.25) is 4.90 Å². The predicted molar refractivity (Wildman–Crippen MR) is 88.2 cm³/mol. The van der Waals surface area contributed by atoms with Crippen molar-refractivity contribution in [2.75, 3.05) is 26.3 Å². The summed E-state index contributed by atoms with van der Waals surface area (Å²) < 4.78 is 17.1. The molecule has 0 amide bonds. The van der Waals surface area contributed by atoms with Crippen LogP contribution in [0.25, 0.3) is 11.5 Å². The number of ether oxygens (including phenoxy) is 2. The van der Waals surface area contributed by atoms with E-state index in [1.54, 1.807) is 0 Å². The standard InChI is InChI=1S/C18H23N3O3/c1-13-2-4-14(5-3-13)17-20-19-16(24-17)12-21-8-6-15(7-9-21)18-22-10-11-23-18/h2-5,15,18H,6-12H2,1H3. The van der Waals surface area contributed by atoms with Gasteiger partial charge in [-0.15, -0.1) is 10.2 Å². The minimum absolute atomic E-state index is 0.00342. The molecule has 0 unspecified atom stereocenters. The first-order chi connectivity index (χ1) is 11.8. The summed E-state index contributed by atoms with van der Waals surface area (Å²) >= 11 is 0. The van der Waals surface area contributed by atoms with Gasteiger partial charge in [-0.25, -0.2) is 0 Å². The predicted octanol–water partition coefficient (Wildman–Crippen LogP) is 2.63. The first kappa shape index (κ1) is 15.7. The van der Waals surface area contributed by atoms with Gasteiger partial charge in [0.1, 0.15) is 0 Å². The molecule has 2 aliphatic rings. The van der Waals surface area contributed by atoms with E-state index in [1.165, 1.54) is 5.56 Å². The average Bonchev–Trinajstić information content (AvgIpc) is 3.28. The van der Waals surface area contributed by atoms with Crippen LogP contribution in [0.1, 0.15) is 24.3 Å². The van der Waals surface area contributed by atoms with Gasteiger partial charge in [0.05, 0.1) is 19.8 Å². The van der Waals surface area contributed by atoms with E-state index in [4.69, 9.17) is 13.9 Å². The molecule has 0 radical (unpaired) electrons. The van der Waals surface area contributed by atoms with E-state index in [2.05, 4.69) is 34.2 Å². The van der Waals surface area contributed by atoms with E-state index < -0.39 is 0 Å². The molecule has 24 heavy (non-hydrogen) atoms. The fourth-order valence-corrected chi connectivity index (χ4v) is 3.35. The number of hydrogen-bond acceptors (Lipinski definition) is 6. The molecule has 0 atom stereocenters. The van der Waals surface area contributed by atoms with Crippen molar-refractivity contribution in [2.24, 2.45) is 5.92 Å². The summed E-state index contributed by atoms with van der Waals surface area (Å²) in [4.78, 5) is 2.36. The summed E-state index contributed by atoms with van der Waals surface area (Å²) in [6.07, 6.45) is 2.18. The maximum absolute atomic E-state index is 5.83. The Bertz CT molecular complexity index is 656. The summed E-state index contributed by atoms with van der Waals surface area (Å²) in [7, 11) is 0. The number of rotatable bonds is 4. The normalized spacial score (nSPS) is 20.7. The summed E-state index contributed by atoms with van der Waals surface area (Å²) in [5, 5.41) is 8.37. The summed E-state index contributed by atoms with van der Waals surface area (Å²) in [6, 6.07) is 8.13. The molecule has 4 rings (SSSR count). The summed E-state index contributed by atoms with van der Waals surface area (Å²) in [6.45, 7) is 6.25. The lowest BCUT2D eigenvalue weighted by atomic mass is 9.96. The minimum Gasteiger partial charge on any atom is -0.419 e. The Balaban J connectivity index is 1.32. The van der Waals surface area contributed by atoms with Crippen LogP contribution in [0, 0.1) is 12.8 Å². The lowest BCUT2D eigenvalue weighted by Crippen LogP contribution is -2.37. The van der Waals surface area contributed by atoms with E-state index >= 15 is 0 Å². The maximum Gasteiger partial charge on any atom is 0.247 e. The van der Waals surface area contributed by atoms with Gasteiger partial charge in [0.2, 0.25) is 11.8 Å². The van der Waals surface area contributed by atoms with Crippen molar-refractivity contribution in [2.45, 2.75) is 32.6 Å². The molecule has 3 heterocycles. The van der Waals surface area contributed by atoms with Gasteiger partial charge >= 0.3 is 0 Å². The van der Waals surface area contributed by atoms with Crippen LogP contribution in [0.2, 0.25) is 0 Å². The van der Waals surface area contributed by atoms with Crippen LogP contribution >= 0.6 is 0 Å². The lowest BCUT2D eigenvalue weighted by molar-refractivity contribution is -0.0980. The van der Waals surface area contributed by atoms with Crippen LogP contribution in [0.15, 0.2) is 28.7 Å². The zero-order valence-corrected chi connectivity index (χ0v) is 14.0. The molecule has 2 aromatic rings. The van der Waals surface area contributed by atoms with Crippen molar-refractivity contribution >= 4 is 0 Å². The van der Waals surface area contributed by atoms with Crippen molar-refractivity contribution in [3.05, 3.63) is 35.7 Å². The molecule has 1 aromatic carbocycles. The van der Waals surface area contributed by atoms with E-state index in [0.29, 0.717) is 24.2 Å². The molecule has 0 bridgehead atoms. The maximum atomic E-state index is 5.83. The van der Waals surface area contributed by atoms with Gasteiger partial charge in [-0.05, 0) is 45.0 Å². The van der Waals surface area contributed by atoms with Crippen LogP contribution in [0.4, 0.5) is 0 Å². The van der Waals surface area contributed by atoms with Crippen molar-refractivity contribution < 1.29 is 13.9 Å². The number of piperidine rings is 1. The smallest absolute Gasteiger partial charge is 0.247 e. The summed E-state index contributed by atoms with van der Waals surface area (Å²) in [5.41, 5.74) is 2.19. The van der Waals surface area contributed by atoms with Crippen molar-refractivity contribution in [3.8, 4) is 11.5 Å². The van der Waals surface area contributed by atoms with Crippen LogP contribution < -0.4 is 0 Å². The number of hydrogen-bond donors (Lipinski definition) is 0. The van der Waals surface area contributed by atoms with Crippen molar-refractivity contribution in [3.63, 3.8) is 0 Å². The van der Waals surface area contributed by atoms with Crippen LogP contribution in [0.3, 0.4) is 0 Å². The van der Waals surface area contributed by atoms with Gasteiger partial charge < -0.3 is 13.9 Å². The molecule has 128 valence electrons. The molecule has 6 nitrogen and oxygen atoms in total. The molecule has 0 spiro atoms. The third-order valence-electron chi connectivity index (χ3n) is 4.79. The van der Waals surface area contributed by atoms with Gasteiger partial charge in [0.15, 0.2) is 6.29 Å². The Kier molecular flexibility index (Phi) is 4.60. The summed E-state index contributed by atoms with van der Waals surface area (Å²) in [5.74, 6) is 1.78. The molecule has 2 aliphatic heterocycles. The SMILES string of the molecule is Cc1ccc(-c2nnc(CN3CCC(C4OCCO4)CC3)o2)cc1. The Hall–Kier alpha value is -1.76. The second-order valence-electron chi connectivity index (χ2n) is 6.59. The van der Waals surface area contributed by atoms with E-state index in [9.17, 15) is 0 Å². The fraction of sp³-hybridized carbons (Fsp3) is 0.556. The largest absolute Gasteiger partial charge is 0.419 e. The highest BCUT2D eigenvalue weighted by molar-refractivity contribution is 5.52. The van der Waals surface area contributed by atoms with Gasteiger partial charge in [-0.1, -0.05) is 17.7 Å². The minimum atomic E-state index is 0.00342. The Morgan fingerprint density at radius 3 is 2.46 bits per heavy atom. The number of benzene rings is 1. The van der Waals surface area contributed by atoms with E-state index in [1.807, 2.05) is 12.1 Å². The fourth-order valence-electron chi connectivity index (χ4n) is 3.35. The highest BCUT2D eigenvalue weighted by Crippen LogP contribution is 2.27. The zero-order valence-electron chi connectivity index (χ0n) is 14.0. The van der Waals surface area contributed by atoms with Gasteiger partial charge in [0, 0.05) is 11.5 Å². The Morgan fingerprint density at radius 1 is 1.04 bits per heavy atom. The topological polar surface area (TPSA) is 60.6 Å². The number of likely N-dealkylation sites (tertiary alicyclic amines) is 1. The molecule has 0 saturated carbocycles. The molecular weight excluding hydrogens is 306 g/mol. The van der Waals surface area contributed by atoms with Crippen molar-refractivity contribution in [1.82, 2.24) is 15.1 Å². The zero-order chi connectivity index (χ0) is 16.4. The lowest BCUT2D eigenvalue weighted by Gasteiger charge is -2.32. The Morgan fingerprint density at radius 2 is 1.75 bits per heavy atom. The molecule has 0 aliphatic carbocycles. The van der Waals surface area contributed by atoms with Gasteiger partial charge in [0.25, 0.3) is 0 Å². The van der Waals surface area contributed by atoms with E-state index in [0.717, 1.165) is 44.7 Å². The Labute approximate surface area is 141 Å². The number of nitrogens with zero attached hydrogens (tertiary/aromatic N) is 3. The third-order valence-corrected chi connectivity index (χ3v) is 4.79. The third kappa shape index (κ3) is 3.50. The molecule has 0 N–H and O–H groups in total. The molecule has 2 fully saturated rings. The van der Waals surface area contributed by atoms with Gasteiger partial charge in [-0.2, -0.15) is 0 Å². The second-order valence-corrected chi connectivity index (χ2v) is 6.59.